The summed E-state index contributed by atoms with van der Waals surface area (Å²) in [5.41, 5.74) is 3.71. The summed E-state index contributed by atoms with van der Waals surface area (Å²) < 4.78 is 41.7. The van der Waals surface area contributed by atoms with Crippen LogP contribution in [0.4, 0.5) is 13.2 Å². The summed E-state index contributed by atoms with van der Waals surface area (Å²) in [5.74, 6) is -2.79. The first-order valence-electron chi connectivity index (χ1n) is 9.96. The smallest absolute Gasteiger partial charge is 0.164 e. The van der Waals surface area contributed by atoms with Gasteiger partial charge in [0.1, 0.15) is 5.82 Å². The second-order valence-corrected chi connectivity index (χ2v) is 7.50. The summed E-state index contributed by atoms with van der Waals surface area (Å²) in [5, 5.41) is 8.08. The largest absolute Gasteiger partial charge is 0.299 e. The Hall–Kier alpha value is -2.99. The standard InChI is InChI=1S/C24H22F3N3/c1-16-23(26)20(15-21(25)24(16)27)18-8-12-30(13-9-18)11-7-17-4-2-5-19(14-17)22-6-3-10-28-29-22/h2-6,8,10,14-15H,7,9,11-13H2,1H3. The van der Waals surface area contributed by atoms with Crippen LogP contribution in [0.5, 0.6) is 0 Å². The van der Waals surface area contributed by atoms with Crippen LogP contribution in [0, 0.1) is 24.4 Å². The van der Waals surface area contributed by atoms with E-state index in [0.717, 1.165) is 42.4 Å². The van der Waals surface area contributed by atoms with Crippen LogP contribution in [0.25, 0.3) is 16.8 Å². The van der Waals surface area contributed by atoms with E-state index < -0.39 is 17.5 Å². The molecule has 154 valence electrons. The fourth-order valence-corrected chi connectivity index (χ4v) is 3.75. The first kappa shape index (κ1) is 20.3. The predicted molar refractivity (Wildman–Crippen MR) is 111 cm³/mol. The zero-order chi connectivity index (χ0) is 21.1. The normalized spacial score (nSPS) is 14.6. The number of hydrogen-bond acceptors (Lipinski definition) is 3. The number of nitrogens with zero attached hydrogens (tertiary/aromatic N) is 3. The summed E-state index contributed by atoms with van der Waals surface area (Å²) in [7, 11) is 0. The lowest BCUT2D eigenvalue weighted by atomic mass is 9.96. The maximum Gasteiger partial charge on any atom is 0.164 e. The van der Waals surface area contributed by atoms with E-state index in [1.54, 1.807) is 6.20 Å². The maximum absolute atomic E-state index is 14.4. The van der Waals surface area contributed by atoms with Crippen molar-refractivity contribution in [3.05, 3.63) is 88.9 Å². The Balaban J connectivity index is 1.41. The summed E-state index contributed by atoms with van der Waals surface area (Å²) in [6.07, 6.45) is 5.03. The van der Waals surface area contributed by atoms with Gasteiger partial charge in [-0.3, -0.25) is 4.90 Å². The van der Waals surface area contributed by atoms with Gasteiger partial charge < -0.3 is 0 Å². The molecule has 30 heavy (non-hydrogen) atoms. The second kappa shape index (κ2) is 8.79. The highest BCUT2D eigenvalue weighted by Crippen LogP contribution is 2.29. The Morgan fingerprint density at radius 2 is 1.90 bits per heavy atom. The molecule has 0 fully saturated rings. The van der Waals surface area contributed by atoms with Crippen molar-refractivity contribution >= 4 is 5.57 Å². The molecule has 6 heteroatoms. The highest BCUT2D eigenvalue weighted by molar-refractivity contribution is 5.68. The van der Waals surface area contributed by atoms with Crippen molar-refractivity contribution in [1.29, 1.82) is 0 Å². The quantitative estimate of drug-likeness (QED) is 0.543. The zero-order valence-electron chi connectivity index (χ0n) is 16.7. The van der Waals surface area contributed by atoms with Crippen LogP contribution in [0.1, 0.15) is 23.1 Å². The maximum atomic E-state index is 14.4. The number of rotatable bonds is 5. The lowest BCUT2D eigenvalue weighted by molar-refractivity contribution is 0.305. The van der Waals surface area contributed by atoms with Gasteiger partial charge in [-0.05, 0) is 55.2 Å². The van der Waals surface area contributed by atoms with Gasteiger partial charge in [0.15, 0.2) is 11.6 Å². The molecular formula is C24H22F3N3. The van der Waals surface area contributed by atoms with Gasteiger partial charge in [0.25, 0.3) is 0 Å². The first-order chi connectivity index (χ1) is 14.5. The molecule has 0 saturated carbocycles. The van der Waals surface area contributed by atoms with E-state index in [0.29, 0.717) is 13.0 Å². The molecule has 0 spiro atoms. The van der Waals surface area contributed by atoms with Gasteiger partial charge >= 0.3 is 0 Å². The Morgan fingerprint density at radius 3 is 2.63 bits per heavy atom. The second-order valence-electron chi connectivity index (χ2n) is 7.50. The average Bonchev–Trinajstić information content (AvgIpc) is 2.80. The molecule has 2 aromatic carbocycles. The van der Waals surface area contributed by atoms with E-state index in [-0.39, 0.29) is 11.1 Å². The van der Waals surface area contributed by atoms with Crippen molar-refractivity contribution in [1.82, 2.24) is 15.1 Å². The highest BCUT2D eigenvalue weighted by atomic mass is 19.2. The molecule has 1 aromatic heterocycles. The topological polar surface area (TPSA) is 29.0 Å². The van der Waals surface area contributed by atoms with Crippen LogP contribution >= 0.6 is 0 Å². The summed E-state index contributed by atoms with van der Waals surface area (Å²) in [6, 6.07) is 13.0. The zero-order valence-corrected chi connectivity index (χ0v) is 16.7. The van der Waals surface area contributed by atoms with Crippen LogP contribution in [0.15, 0.2) is 54.7 Å². The lowest BCUT2D eigenvalue weighted by Gasteiger charge is -2.27. The van der Waals surface area contributed by atoms with Crippen LogP contribution in [0.3, 0.4) is 0 Å². The molecule has 1 aliphatic rings. The lowest BCUT2D eigenvalue weighted by Crippen LogP contribution is -2.30. The van der Waals surface area contributed by atoms with E-state index >= 15 is 0 Å². The third-order valence-corrected chi connectivity index (χ3v) is 5.53. The molecule has 0 saturated heterocycles. The molecule has 2 heterocycles. The first-order valence-corrected chi connectivity index (χ1v) is 9.96. The van der Waals surface area contributed by atoms with E-state index in [2.05, 4.69) is 27.2 Å². The molecule has 0 aliphatic carbocycles. The van der Waals surface area contributed by atoms with Crippen molar-refractivity contribution < 1.29 is 13.2 Å². The molecule has 0 amide bonds. The molecule has 0 unspecified atom stereocenters. The van der Waals surface area contributed by atoms with Crippen molar-refractivity contribution in [2.45, 2.75) is 19.8 Å². The highest BCUT2D eigenvalue weighted by Gasteiger charge is 2.20. The molecular weight excluding hydrogens is 387 g/mol. The van der Waals surface area contributed by atoms with E-state index in [1.807, 2.05) is 30.3 Å². The molecule has 3 aromatic rings. The van der Waals surface area contributed by atoms with E-state index in [9.17, 15) is 13.2 Å². The van der Waals surface area contributed by atoms with Gasteiger partial charge in [-0.1, -0.05) is 24.3 Å². The van der Waals surface area contributed by atoms with Gasteiger partial charge in [0.05, 0.1) is 5.69 Å². The summed E-state index contributed by atoms with van der Waals surface area (Å²) in [4.78, 5) is 2.27. The minimum atomic E-state index is -1.11. The Morgan fingerprint density at radius 1 is 1.03 bits per heavy atom. The molecule has 4 rings (SSSR count). The molecule has 1 aliphatic heterocycles. The number of hydrogen-bond donors (Lipinski definition) is 0. The number of benzene rings is 2. The van der Waals surface area contributed by atoms with Crippen LogP contribution < -0.4 is 0 Å². The average molecular weight is 409 g/mol. The Labute approximate surface area is 173 Å². The van der Waals surface area contributed by atoms with Crippen molar-refractivity contribution in [2.24, 2.45) is 0 Å². The van der Waals surface area contributed by atoms with Crippen LogP contribution in [-0.4, -0.2) is 34.7 Å². The molecule has 0 N–H and O–H groups in total. The molecule has 0 bridgehead atoms. The summed E-state index contributed by atoms with van der Waals surface area (Å²) >= 11 is 0. The van der Waals surface area contributed by atoms with E-state index in [4.69, 9.17) is 0 Å². The van der Waals surface area contributed by atoms with Crippen molar-refractivity contribution in [3.63, 3.8) is 0 Å². The minimum absolute atomic E-state index is 0.169. The van der Waals surface area contributed by atoms with Gasteiger partial charge in [-0.15, -0.1) is 0 Å². The molecule has 0 radical (unpaired) electrons. The minimum Gasteiger partial charge on any atom is -0.299 e. The van der Waals surface area contributed by atoms with Crippen LogP contribution in [0.2, 0.25) is 0 Å². The van der Waals surface area contributed by atoms with Gasteiger partial charge in [-0.25, -0.2) is 13.2 Å². The number of aromatic nitrogens is 2. The molecule has 3 nitrogen and oxygen atoms in total. The van der Waals surface area contributed by atoms with Gasteiger partial charge in [0.2, 0.25) is 0 Å². The predicted octanol–water partition coefficient (Wildman–Crippen LogP) is 5.20. The van der Waals surface area contributed by atoms with Crippen molar-refractivity contribution in [2.75, 3.05) is 19.6 Å². The summed E-state index contributed by atoms with van der Waals surface area (Å²) in [6.45, 7) is 3.51. The SMILES string of the molecule is Cc1c(F)c(F)cc(C2=CCN(CCc3cccc(-c4cccnn4)c3)CC2)c1F. The van der Waals surface area contributed by atoms with Gasteiger partial charge in [-0.2, -0.15) is 10.2 Å². The third kappa shape index (κ3) is 4.28. The molecule has 0 atom stereocenters. The monoisotopic (exact) mass is 409 g/mol. The van der Waals surface area contributed by atoms with Crippen molar-refractivity contribution in [3.8, 4) is 11.3 Å². The third-order valence-electron chi connectivity index (χ3n) is 5.53. The van der Waals surface area contributed by atoms with Crippen LogP contribution in [-0.2, 0) is 6.42 Å². The number of halogens is 3. The van der Waals surface area contributed by atoms with E-state index in [1.165, 1.54) is 12.5 Å². The Bertz CT molecular complexity index is 1080. The fourth-order valence-electron chi connectivity index (χ4n) is 3.75. The Kier molecular flexibility index (Phi) is 5.95. The van der Waals surface area contributed by atoms with Gasteiger partial charge in [0, 0.05) is 42.5 Å². The fraction of sp³-hybridized carbons (Fsp3) is 0.250.